The van der Waals surface area contributed by atoms with Crippen LogP contribution in [0.1, 0.15) is 36.1 Å². The molecule has 0 aliphatic carbocycles. The van der Waals surface area contributed by atoms with Crippen molar-refractivity contribution in [1.82, 2.24) is 5.32 Å². The number of amides is 1. The second-order valence-corrected chi connectivity index (χ2v) is 6.07. The van der Waals surface area contributed by atoms with E-state index in [2.05, 4.69) is 5.32 Å². The van der Waals surface area contributed by atoms with Gasteiger partial charge in [0.1, 0.15) is 11.5 Å². The fourth-order valence-corrected chi connectivity index (χ4v) is 2.69. The molecule has 4 nitrogen and oxygen atoms in total. The Labute approximate surface area is 156 Å². The van der Waals surface area contributed by atoms with Crippen LogP contribution in [0.5, 0.6) is 11.5 Å². The van der Waals surface area contributed by atoms with Crippen LogP contribution in [0.2, 0.25) is 0 Å². The molecule has 2 aromatic rings. The van der Waals surface area contributed by atoms with E-state index in [1.54, 1.807) is 7.11 Å². The summed E-state index contributed by atoms with van der Waals surface area (Å²) in [5.74, 6) is 0.342. The first-order valence-corrected chi connectivity index (χ1v) is 8.48. The largest absolute Gasteiger partial charge is 0.496 e. The maximum Gasteiger partial charge on any atom is 0.416 e. The van der Waals surface area contributed by atoms with Crippen LogP contribution in [-0.4, -0.2) is 19.6 Å². The highest BCUT2D eigenvalue weighted by molar-refractivity contribution is 5.78. The van der Waals surface area contributed by atoms with Gasteiger partial charge in [0.2, 0.25) is 0 Å². The van der Waals surface area contributed by atoms with Gasteiger partial charge < -0.3 is 14.8 Å². The van der Waals surface area contributed by atoms with Gasteiger partial charge in [0.25, 0.3) is 5.91 Å². The topological polar surface area (TPSA) is 47.6 Å². The summed E-state index contributed by atoms with van der Waals surface area (Å²) < 4.78 is 48.6. The molecule has 0 saturated carbocycles. The molecular formula is C20H22F3NO3. The number of carbonyl (C=O) groups is 1. The quantitative estimate of drug-likeness (QED) is 0.758. The van der Waals surface area contributed by atoms with Crippen LogP contribution in [0.25, 0.3) is 0 Å². The predicted octanol–water partition coefficient (Wildman–Crippen LogP) is 4.67. The molecule has 1 amide bonds. The Hall–Kier alpha value is -2.70. The standard InChI is InChI=1S/C20H22F3NO3/c1-4-17(14-8-9-18(26-3)13(2)10-14)24-19(25)12-27-16-7-5-6-15(11-16)20(21,22)23/h5-11,17H,4,12H2,1-3H3,(H,24,25). The number of methoxy groups -OCH3 is 1. The van der Waals surface area contributed by atoms with Crippen molar-refractivity contribution in [2.75, 3.05) is 13.7 Å². The smallest absolute Gasteiger partial charge is 0.416 e. The van der Waals surface area contributed by atoms with E-state index in [9.17, 15) is 18.0 Å². The normalized spacial score (nSPS) is 12.4. The van der Waals surface area contributed by atoms with Crippen molar-refractivity contribution in [1.29, 1.82) is 0 Å². The Morgan fingerprint density at radius 2 is 1.93 bits per heavy atom. The molecule has 1 unspecified atom stereocenters. The van der Waals surface area contributed by atoms with E-state index in [4.69, 9.17) is 9.47 Å². The van der Waals surface area contributed by atoms with Gasteiger partial charge in [-0.1, -0.05) is 25.1 Å². The molecule has 0 saturated heterocycles. The number of hydrogen-bond donors (Lipinski definition) is 1. The summed E-state index contributed by atoms with van der Waals surface area (Å²) in [6.45, 7) is 3.47. The van der Waals surface area contributed by atoms with Crippen LogP contribution in [0.15, 0.2) is 42.5 Å². The lowest BCUT2D eigenvalue weighted by molar-refractivity contribution is -0.137. The second kappa shape index (κ2) is 8.79. The molecule has 1 atom stereocenters. The molecule has 2 aromatic carbocycles. The van der Waals surface area contributed by atoms with Crippen molar-refractivity contribution >= 4 is 5.91 Å². The molecular weight excluding hydrogens is 359 g/mol. The zero-order valence-corrected chi connectivity index (χ0v) is 15.4. The van der Waals surface area contributed by atoms with E-state index in [1.807, 2.05) is 32.0 Å². The van der Waals surface area contributed by atoms with Crippen molar-refractivity contribution in [3.05, 3.63) is 59.2 Å². The van der Waals surface area contributed by atoms with Crippen LogP contribution in [0.4, 0.5) is 13.2 Å². The maximum absolute atomic E-state index is 12.7. The van der Waals surface area contributed by atoms with E-state index < -0.39 is 17.6 Å². The molecule has 146 valence electrons. The van der Waals surface area contributed by atoms with Crippen LogP contribution in [-0.2, 0) is 11.0 Å². The van der Waals surface area contributed by atoms with Gasteiger partial charge in [0, 0.05) is 0 Å². The molecule has 0 fully saturated rings. The van der Waals surface area contributed by atoms with Gasteiger partial charge in [0.15, 0.2) is 6.61 Å². The Kier molecular flexibility index (Phi) is 6.71. The molecule has 0 radical (unpaired) electrons. The number of benzene rings is 2. The number of carbonyl (C=O) groups excluding carboxylic acids is 1. The monoisotopic (exact) mass is 381 g/mol. The highest BCUT2D eigenvalue weighted by Gasteiger charge is 2.30. The maximum atomic E-state index is 12.7. The zero-order chi connectivity index (χ0) is 20.0. The number of halogens is 3. The van der Waals surface area contributed by atoms with Gasteiger partial charge in [-0.15, -0.1) is 0 Å². The number of hydrogen-bond acceptors (Lipinski definition) is 3. The summed E-state index contributed by atoms with van der Waals surface area (Å²) in [6, 6.07) is 9.85. The summed E-state index contributed by atoms with van der Waals surface area (Å²) >= 11 is 0. The molecule has 2 rings (SSSR count). The van der Waals surface area contributed by atoms with Gasteiger partial charge in [-0.05, 0) is 48.7 Å². The van der Waals surface area contributed by atoms with Crippen molar-refractivity contribution in [3.8, 4) is 11.5 Å². The zero-order valence-electron chi connectivity index (χ0n) is 15.4. The summed E-state index contributed by atoms with van der Waals surface area (Å²) in [5.41, 5.74) is 1.05. The van der Waals surface area contributed by atoms with Crippen molar-refractivity contribution in [2.24, 2.45) is 0 Å². The molecule has 0 spiro atoms. The van der Waals surface area contributed by atoms with Crippen molar-refractivity contribution in [2.45, 2.75) is 32.5 Å². The van der Waals surface area contributed by atoms with Gasteiger partial charge in [0.05, 0.1) is 18.7 Å². The van der Waals surface area contributed by atoms with Crippen molar-refractivity contribution in [3.63, 3.8) is 0 Å². The molecule has 0 aromatic heterocycles. The Morgan fingerprint density at radius 3 is 2.52 bits per heavy atom. The number of ether oxygens (including phenoxy) is 2. The Morgan fingerprint density at radius 1 is 1.19 bits per heavy atom. The summed E-state index contributed by atoms with van der Waals surface area (Å²) in [4.78, 5) is 12.2. The van der Waals surface area contributed by atoms with Gasteiger partial charge in [-0.3, -0.25) is 4.79 Å². The summed E-state index contributed by atoms with van der Waals surface area (Å²) in [7, 11) is 1.59. The molecule has 0 aliphatic heterocycles. The first kappa shape index (κ1) is 20.6. The Bertz CT molecular complexity index is 790. The average molecular weight is 381 g/mol. The minimum absolute atomic E-state index is 0.00619. The first-order chi connectivity index (χ1) is 12.7. The van der Waals surface area contributed by atoms with Crippen molar-refractivity contribution < 1.29 is 27.4 Å². The Balaban J connectivity index is 1.99. The number of rotatable bonds is 7. The highest BCUT2D eigenvalue weighted by Crippen LogP contribution is 2.31. The first-order valence-electron chi connectivity index (χ1n) is 8.48. The lowest BCUT2D eigenvalue weighted by atomic mass is 10.0. The average Bonchev–Trinajstić information content (AvgIpc) is 2.64. The fourth-order valence-electron chi connectivity index (χ4n) is 2.69. The third-order valence-corrected chi connectivity index (χ3v) is 4.10. The van der Waals surface area contributed by atoms with E-state index in [0.717, 1.165) is 29.0 Å². The SMILES string of the molecule is CCC(NC(=O)COc1cccc(C(F)(F)F)c1)c1ccc(OC)c(C)c1. The lowest BCUT2D eigenvalue weighted by Crippen LogP contribution is -2.32. The molecule has 0 aliphatic rings. The molecule has 7 heteroatoms. The number of alkyl halides is 3. The summed E-state index contributed by atoms with van der Waals surface area (Å²) in [6.07, 6.45) is -3.80. The predicted molar refractivity (Wildman–Crippen MR) is 95.8 cm³/mol. The second-order valence-electron chi connectivity index (χ2n) is 6.07. The van der Waals surface area contributed by atoms with E-state index in [-0.39, 0.29) is 18.4 Å². The van der Waals surface area contributed by atoms with E-state index >= 15 is 0 Å². The summed E-state index contributed by atoms with van der Waals surface area (Å²) in [5, 5.41) is 2.84. The molecule has 27 heavy (non-hydrogen) atoms. The minimum atomic E-state index is -4.46. The van der Waals surface area contributed by atoms with Crippen LogP contribution >= 0.6 is 0 Å². The van der Waals surface area contributed by atoms with Gasteiger partial charge in [-0.25, -0.2) is 0 Å². The number of nitrogens with one attached hydrogen (secondary N) is 1. The number of aryl methyl sites for hydroxylation is 1. The third-order valence-electron chi connectivity index (χ3n) is 4.10. The van der Waals surface area contributed by atoms with Gasteiger partial charge in [-0.2, -0.15) is 13.2 Å². The van der Waals surface area contributed by atoms with Crippen LogP contribution in [0.3, 0.4) is 0 Å². The van der Waals surface area contributed by atoms with E-state index in [0.29, 0.717) is 6.42 Å². The fraction of sp³-hybridized carbons (Fsp3) is 0.350. The molecule has 0 bridgehead atoms. The minimum Gasteiger partial charge on any atom is -0.496 e. The van der Waals surface area contributed by atoms with E-state index in [1.165, 1.54) is 12.1 Å². The van der Waals surface area contributed by atoms with Crippen LogP contribution in [0, 0.1) is 6.92 Å². The highest BCUT2D eigenvalue weighted by atomic mass is 19.4. The van der Waals surface area contributed by atoms with Crippen LogP contribution < -0.4 is 14.8 Å². The van der Waals surface area contributed by atoms with Gasteiger partial charge >= 0.3 is 6.18 Å². The lowest BCUT2D eigenvalue weighted by Gasteiger charge is -2.19. The molecule has 1 N–H and O–H groups in total. The third kappa shape index (κ3) is 5.64. The molecule has 0 heterocycles.